The first-order valence-corrected chi connectivity index (χ1v) is 12.2. The van der Waals surface area contributed by atoms with Crippen molar-refractivity contribution in [1.82, 2.24) is 15.1 Å². The van der Waals surface area contributed by atoms with E-state index in [0.29, 0.717) is 50.0 Å². The van der Waals surface area contributed by atoms with Crippen LogP contribution in [0.4, 0.5) is 5.69 Å². The van der Waals surface area contributed by atoms with Crippen molar-refractivity contribution in [3.8, 4) is 0 Å². The van der Waals surface area contributed by atoms with Crippen molar-refractivity contribution < 1.29 is 18.0 Å². The Morgan fingerprint density at radius 2 is 1.73 bits per heavy atom. The standard InChI is InChI=1S/C20H24N4O4S2/c25-18(21-16-7-8-16)14-23-9-11-24(12-10-23)20(26)15-3-5-17(6-4-15)22-30(27,28)19-2-1-13-29-19/h1-6,13,16,22H,7-12,14H2,(H,21,25). The van der Waals surface area contributed by atoms with E-state index in [4.69, 9.17) is 0 Å². The maximum atomic E-state index is 12.8. The van der Waals surface area contributed by atoms with Gasteiger partial charge in [-0.3, -0.25) is 19.2 Å². The second-order valence-corrected chi connectivity index (χ2v) is 10.4. The highest BCUT2D eigenvalue weighted by Gasteiger charge is 2.26. The van der Waals surface area contributed by atoms with Crippen LogP contribution >= 0.6 is 11.3 Å². The average molecular weight is 449 g/mol. The molecular weight excluding hydrogens is 424 g/mol. The van der Waals surface area contributed by atoms with Crippen molar-refractivity contribution in [2.24, 2.45) is 0 Å². The van der Waals surface area contributed by atoms with Crippen molar-refractivity contribution in [1.29, 1.82) is 0 Å². The van der Waals surface area contributed by atoms with Crippen molar-refractivity contribution in [3.63, 3.8) is 0 Å². The molecule has 2 aliphatic rings. The lowest BCUT2D eigenvalue weighted by atomic mass is 10.1. The lowest BCUT2D eigenvalue weighted by molar-refractivity contribution is -0.122. The Morgan fingerprint density at radius 3 is 2.33 bits per heavy atom. The van der Waals surface area contributed by atoms with E-state index >= 15 is 0 Å². The molecule has 2 heterocycles. The Labute approximate surface area is 179 Å². The molecule has 0 spiro atoms. The fraction of sp³-hybridized carbons (Fsp3) is 0.400. The van der Waals surface area contributed by atoms with Crippen LogP contribution in [0.5, 0.6) is 0 Å². The number of carbonyl (C=O) groups excluding carboxylic acids is 2. The molecule has 2 amide bonds. The van der Waals surface area contributed by atoms with Gasteiger partial charge < -0.3 is 10.2 Å². The maximum absolute atomic E-state index is 12.8. The van der Waals surface area contributed by atoms with Gasteiger partial charge in [-0.1, -0.05) is 6.07 Å². The minimum atomic E-state index is -3.61. The largest absolute Gasteiger partial charge is 0.352 e. The molecule has 10 heteroatoms. The molecular formula is C20H24N4O4S2. The van der Waals surface area contributed by atoms with Crippen LogP contribution in [-0.4, -0.2) is 68.8 Å². The van der Waals surface area contributed by atoms with Crippen LogP contribution < -0.4 is 10.0 Å². The summed E-state index contributed by atoms with van der Waals surface area (Å²) < 4.78 is 27.3. The van der Waals surface area contributed by atoms with E-state index in [1.165, 1.54) is 0 Å². The first kappa shape index (κ1) is 20.8. The van der Waals surface area contributed by atoms with Crippen LogP contribution in [0.1, 0.15) is 23.2 Å². The summed E-state index contributed by atoms with van der Waals surface area (Å²) in [6, 6.07) is 10.0. The van der Waals surface area contributed by atoms with E-state index in [2.05, 4.69) is 14.9 Å². The Kier molecular flexibility index (Phi) is 6.07. The van der Waals surface area contributed by atoms with Crippen LogP contribution in [0.15, 0.2) is 46.0 Å². The summed E-state index contributed by atoms with van der Waals surface area (Å²) >= 11 is 1.15. The van der Waals surface area contributed by atoms with Gasteiger partial charge in [-0.05, 0) is 48.6 Å². The van der Waals surface area contributed by atoms with Crippen LogP contribution in [0, 0.1) is 0 Å². The first-order chi connectivity index (χ1) is 14.4. The van der Waals surface area contributed by atoms with E-state index in [9.17, 15) is 18.0 Å². The normalized spacial score (nSPS) is 17.5. The van der Waals surface area contributed by atoms with Gasteiger partial charge in [0.05, 0.1) is 6.54 Å². The smallest absolute Gasteiger partial charge is 0.271 e. The van der Waals surface area contributed by atoms with Gasteiger partial charge in [0.1, 0.15) is 4.21 Å². The Bertz CT molecular complexity index is 994. The minimum Gasteiger partial charge on any atom is -0.352 e. The highest BCUT2D eigenvalue weighted by molar-refractivity contribution is 7.94. The highest BCUT2D eigenvalue weighted by Crippen LogP contribution is 2.21. The summed E-state index contributed by atoms with van der Waals surface area (Å²) in [5.41, 5.74) is 0.917. The number of hydrogen-bond acceptors (Lipinski definition) is 6. The third kappa shape index (κ3) is 5.18. The minimum absolute atomic E-state index is 0.0536. The molecule has 30 heavy (non-hydrogen) atoms. The molecule has 2 fully saturated rings. The summed E-state index contributed by atoms with van der Waals surface area (Å²) in [6.45, 7) is 2.80. The molecule has 0 unspecified atom stereocenters. The molecule has 0 radical (unpaired) electrons. The van der Waals surface area contributed by atoms with Gasteiger partial charge in [0.15, 0.2) is 0 Å². The molecule has 4 rings (SSSR count). The van der Waals surface area contributed by atoms with Gasteiger partial charge in [-0.25, -0.2) is 8.42 Å². The number of amides is 2. The lowest BCUT2D eigenvalue weighted by Gasteiger charge is -2.34. The van der Waals surface area contributed by atoms with Gasteiger partial charge in [0, 0.05) is 43.5 Å². The summed E-state index contributed by atoms with van der Waals surface area (Å²) in [4.78, 5) is 28.5. The number of sulfonamides is 1. The molecule has 1 saturated carbocycles. The zero-order chi connectivity index (χ0) is 21.1. The maximum Gasteiger partial charge on any atom is 0.271 e. The van der Waals surface area contributed by atoms with Gasteiger partial charge >= 0.3 is 0 Å². The van der Waals surface area contributed by atoms with Crippen LogP contribution in [0.2, 0.25) is 0 Å². The van der Waals surface area contributed by atoms with E-state index in [1.807, 2.05) is 0 Å². The van der Waals surface area contributed by atoms with Crippen LogP contribution in [-0.2, 0) is 14.8 Å². The molecule has 0 bridgehead atoms. The molecule has 1 aliphatic heterocycles. The van der Waals surface area contributed by atoms with Gasteiger partial charge in [-0.15, -0.1) is 11.3 Å². The number of rotatable bonds is 7. The molecule has 0 atom stereocenters. The van der Waals surface area contributed by atoms with Gasteiger partial charge in [0.2, 0.25) is 5.91 Å². The number of nitrogens with one attached hydrogen (secondary N) is 2. The SMILES string of the molecule is O=C(CN1CCN(C(=O)c2ccc(NS(=O)(=O)c3cccs3)cc2)CC1)NC1CC1. The third-order valence-electron chi connectivity index (χ3n) is 5.11. The number of thiophene rings is 1. The summed E-state index contributed by atoms with van der Waals surface area (Å²) in [7, 11) is -3.61. The molecule has 1 aliphatic carbocycles. The van der Waals surface area contributed by atoms with Gasteiger partial charge in [0.25, 0.3) is 15.9 Å². The zero-order valence-corrected chi connectivity index (χ0v) is 18.0. The number of hydrogen-bond donors (Lipinski definition) is 2. The van der Waals surface area contributed by atoms with E-state index in [1.54, 1.807) is 46.7 Å². The number of anilines is 1. The number of nitrogens with zero attached hydrogens (tertiary/aromatic N) is 2. The monoisotopic (exact) mass is 448 g/mol. The molecule has 8 nitrogen and oxygen atoms in total. The van der Waals surface area contributed by atoms with Gasteiger partial charge in [-0.2, -0.15) is 0 Å². The van der Waals surface area contributed by atoms with E-state index < -0.39 is 10.0 Å². The van der Waals surface area contributed by atoms with Crippen molar-refractivity contribution in [2.75, 3.05) is 37.4 Å². The predicted molar refractivity (Wildman–Crippen MR) is 115 cm³/mol. The molecule has 1 aromatic carbocycles. The number of benzene rings is 1. The second kappa shape index (κ2) is 8.75. The second-order valence-electron chi connectivity index (χ2n) is 7.53. The molecule has 2 N–H and O–H groups in total. The molecule has 1 aromatic heterocycles. The Hall–Kier alpha value is -2.43. The molecule has 2 aromatic rings. The average Bonchev–Trinajstić information content (AvgIpc) is 3.35. The van der Waals surface area contributed by atoms with Crippen molar-refractivity contribution in [3.05, 3.63) is 47.3 Å². The summed E-state index contributed by atoms with van der Waals surface area (Å²) in [5, 5.41) is 4.69. The fourth-order valence-corrected chi connectivity index (χ4v) is 5.35. The zero-order valence-electron chi connectivity index (χ0n) is 16.4. The third-order valence-corrected chi connectivity index (χ3v) is 7.89. The summed E-state index contributed by atoms with van der Waals surface area (Å²) in [5.74, 6) is -0.0392. The van der Waals surface area contributed by atoms with Crippen LogP contribution in [0.25, 0.3) is 0 Å². The first-order valence-electron chi connectivity index (χ1n) is 9.88. The summed E-state index contributed by atoms with van der Waals surface area (Å²) in [6.07, 6.45) is 2.14. The number of carbonyl (C=O) groups is 2. The quantitative estimate of drug-likeness (QED) is 0.670. The predicted octanol–water partition coefficient (Wildman–Crippen LogP) is 1.59. The topological polar surface area (TPSA) is 98.8 Å². The van der Waals surface area contributed by atoms with E-state index in [-0.39, 0.29) is 16.0 Å². The number of piperazine rings is 1. The molecule has 1 saturated heterocycles. The van der Waals surface area contributed by atoms with Crippen LogP contribution in [0.3, 0.4) is 0 Å². The Morgan fingerprint density at radius 1 is 1.03 bits per heavy atom. The van der Waals surface area contributed by atoms with Crippen molar-refractivity contribution >= 4 is 38.9 Å². The Balaban J connectivity index is 1.29. The van der Waals surface area contributed by atoms with E-state index in [0.717, 1.165) is 24.2 Å². The van der Waals surface area contributed by atoms with Crippen molar-refractivity contribution in [2.45, 2.75) is 23.1 Å². The fourth-order valence-electron chi connectivity index (χ4n) is 3.30. The highest BCUT2D eigenvalue weighted by atomic mass is 32.2. The molecule has 160 valence electrons. The lowest BCUT2D eigenvalue weighted by Crippen LogP contribution is -2.51.